The highest BCUT2D eigenvalue weighted by Crippen LogP contribution is 2.33. The molecule has 0 bridgehead atoms. The summed E-state index contributed by atoms with van der Waals surface area (Å²) in [7, 11) is 1.66. The molecule has 8 heteroatoms. The van der Waals surface area contributed by atoms with Gasteiger partial charge in [-0.25, -0.2) is 0 Å². The summed E-state index contributed by atoms with van der Waals surface area (Å²) >= 11 is 14.2. The van der Waals surface area contributed by atoms with Crippen molar-refractivity contribution in [2.24, 2.45) is 0 Å². The Morgan fingerprint density at radius 2 is 1.90 bits per heavy atom. The van der Waals surface area contributed by atoms with Crippen LogP contribution >= 0.6 is 35.0 Å². The Morgan fingerprint density at radius 3 is 2.55 bits per heavy atom. The molecule has 0 radical (unpaired) electrons. The number of halogens is 2. The summed E-state index contributed by atoms with van der Waals surface area (Å²) in [5.74, 6) is 2.24. The second-order valence-electron chi connectivity index (χ2n) is 6.77. The zero-order chi connectivity index (χ0) is 20.2. The van der Waals surface area contributed by atoms with Crippen LogP contribution < -0.4 is 4.74 Å². The second kappa shape index (κ2) is 9.39. The molecule has 0 spiro atoms. The minimum atomic E-state index is 0.172. The van der Waals surface area contributed by atoms with Gasteiger partial charge in [0.25, 0.3) is 0 Å². The van der Waals surface area contributed by atoms with E-state index in [1.165, 1.54) is 0 Å². The van der Waals surface area contributed by atoms with E-state index < -0.39 is 0 Å². The van der Waals surface area contributed by atoms with Gasteiger partial charge < -0.3 is 9.47 Å². The molecule has 0 saturated carbocycles. The molecule has 1 atom stereocenters. The molecule has 2 heterocycles. The van der Waals surface area contributed by atoms with E-state index in [1.54, 1.807) is 18.9 Å². The molecule has 4 rings (SSSR count). The van der Waals surface area contributed by atoms with Gasteiger partial charge in [0.15, 0.2) is 11.0 Å². The smallest absolute Gasteiger partial charge is 0.191 e. The van der Waals surface area contributed by atoms with Crippen molar-refractivity contribution < 1.29 is 9.47 Å². The van der Waals surface area contributed by atoms with Gasteiger partial charge in [0.05, 0.1) is 19.8 Å². The predicted molar refractivity (Wildman–Crippen MR) is 117 cm³/mol. The number of hydrogen-bond acceptors (Lipinski definition) is 5. The fraction of sp³-hybridized carbons (Fsp3) is 0.333. The van der Waals surface area contributed by atoms with Crippen LogP contribution in [0.1, 0.15) is 18.4 Å². The molecule has 1 unspecified atom stereocenters. The highest BCUT2D eigenvalue weighted by atomic mass is 35.5. The minimum Gasteiger partial charge on any atom is -0.497 e. The van der Waals surface area contributed by atoms with Crippen LogP contribution in [-0.4, -0.2) is 34.6 Å². The molecule has 0 aliphatic carbocycles. The second-order valence-corrected chi connectivity index (χ2v) is 8.53. The van der Waals surface area contributed by atoms with Crippen molar-refractivity contribution in [3.05, 3.63) is 58.1 Å². The fourth-order valence-corrected chi connectivity index (χ4v) is 5.00. The monoisotopic (exact) mass is 449 g/mol. The Bertz CT molecular complexity index is 952. The lowest BCUT2D eigenvalue weighted by molar-refractivity contribution is 0.0953. The molecule has 29 heavy (non-hydrogen) atoms. The SMILES string of the molecule is COc1ccc(-c2nnc(SCc3c(Cl)cccc3Cl)n2CC2CCCO2)cc1. The lowest BCUT2D eigenvalue weighted by Crippen LogP contribution is -2.16. The van der Waals surface area contributed by atoms with Crippen LogP contribution in [0, 0.1) is 0 Å². The Hall–Kier alpha value is -1.73. The predicted octanol–water partition coefficient (Wildman–Crippen LogP) is 5.73. The van der Waals surface area contributed by atoms with Gasteiger partial charge in [-0.3, -0.25) is 4.57 Å². The number of ether oxygens (including phenoxy) is 2. The Labute approximate surface area is 184 Å². The molecular formula is C21H21Cl2N3O2S. The van der Waals surface area contributed by atoms with E-state index in [2.05, 4.69) is 14.8 Å². The number of rotatable bonds is 7. The van der Waals surface area contributed by atoms with Crippen LogP contribution in [-0.2, 0) is 17.0 Å². The van der Waals surface area contributed by atoms with Crippen LogP contribution in [0.4, 0.5) is 0 Å². The highest BCUT2D eigenvalue weighted by molar-refractivity contribution is 7.98. The van der Waals surface area contributed by atoms with E-state index in [0.717, 1.165) is 47.3 Å². The molecule has 1 aliphatic rings. The Kier molecular flexibility index (Phi) is 6.65. The maximum Gasteiger partial charge on any atom is 0.191 e. The summed E-state index contributed by atoms with van der Waals surface area (Å²) in [4.78, 5) is 0. The average molecular weight is 450 g/mol. The third-order valence-corrected chi connectivity index (χ3v) is 6.58. The van der Waals surface area contributed by atoms with Gasteiger partial charge in [-0.15, -0.1) is 10.2 Å². The third-order valence-electron chi connectivity index (χ3n) is 4.88. The molecular weight excluding hydrogens is 429 g/mol. The third kappa shape index (κ3) is 4.72. The van der Waals surface area contributed by atoms with Crippen molar-refractivity contribution in [3.8, 4) is 17.1 Å². The van der Waals surface area contributed by atoms with E-state index in [4.69, 9.17) is 32.7 Å². The summed E-state index contributed by atoms with van der Waals surface area (Å²) in [6, 6.07) is 13.4. The first kappa shape index (κ1) is 20.5. The molecule has 0 N–H and O–H groups in total. The molecule has 1 aliphatic heterocycles. The van der Waals surface area contributed by atoms with Crippen molar-refractivity contribution in [3.63, 3.8) is 0 Å². The quantitative estimate of drug-likeness (QED) is 0.430. The van der Waals surface area contributed by atoms with E-state index in [0.29, 0.717) is 22.3 Å². The number of thioether (sulfide) groups is 1. The fourth-order valence-electron chi connectivity index (χ4n) is 3.31. The molecule has 152 valence electrons. The summed E-state index contributed by atoms with van der Waals surface area (Å²) in [6.07, 6.45) is 2.30. The number of methoxy groups -OCH3 is 1. The zero-order valence-electron chi connectivity index (χ0n) is 16.0. The van der Waals surface area contributed by atoms with E-state index in [-0.39, 0.29) is 6.10 Å². The van der Waals surface area contributed by atoms with Gasteiger partial charge in [-0.1, -0.05) is 41.0 Å². The molecule has 3 aromatic rings. The van der Waals surface area contributed by atoms with Crippen LogP contribution in [0.2, 0.25) is 10.0 Å². The Morgan fingerprint density at radius 1 is 1.14 bits per heavy atom. The summed E-state index contributed by atoms with van der Waals surface area (Å²) in [5.41, 5.74) is 1.89. The minimum absolute atomic E-state index is 0.172. The van der Waals surface area contributed by atoms with Gasteiger partial charge in [0.2, 0.25) is 0 Å². The standard InChI is InChI=1S/C21H21Cl2N3O2S/c1-27-15-9-7-14(8-10-15)20-24-25-21(26(20)12-16-4-3-11-28-16)29-13-17-18(22)5-2-6-19(17)23/h2,5-10,16H,3-4,11-13H2,1H3. The summed E-state index contributed by atoms with van der Waals surface area (Å²) in [5, 5.41) is 11.1. The number of nitrogens with zero attached hydrogens (tertiary/aromatic N) is 3. The highest BCUT2D eigenvalue weighted by Gasteiger charge is 2.22. The van der Waals surface area contributed by atoms with Crippen molar-refractivity contribution in [1.29, 1.82) is 0 Å². The van der Waals surface area contributed by atoms with Gasteiger partial charge in [-0.2, -0.15) is 0 Å². The molecule has 5 nitrogen and oxygen atoms in total. The molecule has 2 aromatic carbocycles. The van der Waals surface area contributed by atoms with Crippen molar-refractivity contribution in [2.45, 2.75) is 36.4 Å². The van der Waals surface area contributed by atoms with Gasteiger partial charge in [0, 0.05) is 28.0 Å². The first-order chi connectivity index (χ1) is 14.2. The molecule has 1 saturated heterocycles. The first-order valence-electron chi connectivity index (χ1n) is 9.40. The maximum atomic E-state index is 6.33. The van der Waals surface area contributed by atoms with Gasteiger partial charge in [0.1, 0.15) is 5.75 Å². The van der Waals surface area contributed by atoms with E-state index >= 15 is 0 Å². The topological polar surface area (TPSA) is 49.2 Å². The Balaban J connectivity index is 1.62. The van der Waals surface area contributed by atoms with E-state index in [9.17, 15) is 0 Å². The summed E-state index contributed by atoms with van der Waals surface area (Å²) in [6.45, 7) is 1.52. The lowest BCUT2D eigenvalue weighted by Gasteiger charge is -2.15. The molecule has 1 aromatic heterocycles. The molecule has 0 amide bonds. The first-order valence-corrected chi connectivity index (χ1v) is 11.1. The maximum absolute atomic E-state index is 6.33. The largest absolute Gasteiger partial charge is 0.497 e. The molecule has 1 fully saturated rings. The van der Waals surface area contributed by atoms with Crippen LogP contribution in [0.25, 0.3) is 11.4 Å². The normalized spacial score (nSPS) is 16.3. The number of benzene rings is 2. The zero-order valence-corrected chi connectivity index (χ0v) is 18.3. The van der Waals surface area contributed by atoms with Crippen molar-refractivity contribution in [2.75, 3.05) is 13.7 Å². The van der Waals surface area contributed by atoms with Crippen molar-refractivity contribution in [1.82, 2.24) is 14.8 Å². The van der Waals surface area contributed by atoms with Gasteiger partial charge >= 0.3 is 0 Å². The lowest BCUT2D eigenvalue weighted by atomic mass is 10.2. The van der Waals surface area contributed by atoms with Crippen LogP contribution in [0.15, 0.2) is 47.6 Å². The average Bonchev–Trinajstić information content (AvgIpc) is 3.38. The van der Waals surface area contributed by atoms with Crippen molar-refractivity contribution >= 4 is 35.0 Å². The number of aromatic nitrogens is 3. The number of hydrogen-bond donors (Lipinski definition) is 0. The van der Waals surface area contributed by atoms with Crippen LogP contribution in [0.3, 0.4) is 0 Å². The van der Waals surface area contributed by atoms with Crippen LogP contribution in [0.5, 0.6) is 5.75 Å². The van der Waals surface area contributed by atoms with Gasteiger partial charge in [-0.05, 0) is 54.8 Å². The van der Waals surface area contributed by atoms with E-state index in [1.807, 2.05) is 42.5 Å². The summed E-state index contributed by atoms with van der Waals surface area (Å²) < 4.78 is 13.3.